The van der Waals surface area contributed by atoms with Gasteiger partial charge in [-0.05, 0) is 62.3 Å². The van der Waals surface area contributed by atoms with Gasteiger partial charge in [-0.15, -0.1) is 11.3 Å². The van der Waals surface area contributed by atoms with Crippen LogP contribution in [0, 0.1) is 10.8 Å². The highest BCUT2D eigenvalue weighted by molar-refractivity contribution is 7.13. The van der Waals surface area contributed by atoms with Crippen LogP contribution in [-0.2, 0) is 57.4 Å². The van der Waals surface area contributed by atoms with Crippen molar-refractivity contribution in [1.82, 2.24) is 15.4 Å². The number of ether oxygens (including phenoxy) is 4. The molecule has 45 heavy (non-hydrogen) atoms. The molecule has 1 aliphatic rings. The maximum Gasteiger partial charge on any atom is 0.378 e. The maximum atomic E-state index is 13.3. The van der Waals surface area contributed by atoms with E-state index in [1.54, 1.807) is 41.5 Å². The molecule has 0 spiro atoms. The topological polar surface area (TPSA) is 224 Å². The van der Waals surface area contributed by atoms with E-state index in [2.05, 4.69) is 20.2 Å². The third kappa shape index (κ3) is 9.58. The lowest BCUT2D eigenvalue weighted by Gasteiger charge is -2.44. The van der Waals surface area contributed by atoms with E-state index in [9.17, 15) is 28.8 Å². The maximum absolute atomic E-state index is 13.3. The number of carbonyl (C=O) groups is 6. The number of amides is 2. The monoisotopic (exact) mass is 657 g/mol. The van der Waals surface area contributed by atoms with E-state index < -0.39 is 83.0 Å². The normalized spacial score (nSPS) is 17.9. The average Bonchev–Trinajstić information content (AvgIpc) is 3.37. The quantitative estimate of drug-likeness (QED) is 0.0801. The minimum Gasteiger partial charge on any atom is -0.464 e. The lowest BCUT2D eigenvalue weighted by molar-refractivity contribution is -0.295. The van der Waals surface area contributed by atoms with Gasteiger partial charge in [-0.1, -0.05) is 5.16 Å². The summed E-state index contributed by atoms with van der Waals surface area (Å²) in [5.74, 6) is -5.14. The number of nitrogen functional groups attached to an aromatic ring is 1. The zero-order valence-electron chi connectivity index (χ0n) is 26.7. The standard InChI is InChI=1S/C27H39N5O12S/c1-13-15(18(34)32(13)43-20(19(35)39-10)42-22(37)26(5,6)7)30-17(33)16(14-11-45-24(28)29-14)31-44-27(8,9)23(38)41-12-40-21(36)25(2,3)4/h11,13,15,20H,12H2,1-10H3,(H2,28,29)(H,30,33)/b31-16-/t13-,15-,20?/m0/s1. The summed E-state index contributed by atoms with van der Waals surface area (Å²) in [5, 5.41) is 8.53. The number of oxime groups is 1. The summed E-state index contributed by atoms with van der Waals surface area (Å²) >= 11 is 0.993. The van der Waals surface area contributed by atoms with Gasteiger partial charge in [0.1, 0.15) is 11.7 Å². The Kier molecular flexibility index (Phi) is 11.6. The molecule has 1 saturated heterocycles. The van der Waals surface area contributed by atoms with E-state index in [1.807, 2.05) is 0 Å². The Morgan fingerprint density at radius 1 is 1.02 bits per heavy atom. The van der Waals surface area contributed by atoms with Crippen LogP contribution in [0.5, 0.6) is 0 Å². The summed E-state index contributed by atoms with van der Waals surface area (Å²) < 4.78 is 19.6. The first-order valence-electron chi connectivity index (χ1n) is 13.5. The van der Waals surface area contributed by atoms with Crippen LogP contribution in [0.15, 0.2) is 10.5 Å². The number of nitrogens with two attached hydrogens (primary N) is 1. The zero-order valence-corrected chi connectivity index (χ0v) is 27.6. The second-order valence-corrected chi connectivity index (χ2v) is 13.2. The van der Waals surface area contributed by atoms with E-state index in [-0.39, 0.29) is 10.8 Å². The molecule has 18 heteroatoms. The smallest absolute Gasteiger partial charge is 0.378 e. The Hall–Kier alpha value is -4.32. The third-order valence-electron chi connectivity index (χ3n) is 5.88. The van der Waals surface area contributed by atoms with Gasteiger partial charge in [-0.3, -0.25) is 19.2 Å². The third-order valence-corrected chi connectivity index (χ3v) is 6.55. The first-order chi connectivity index (χ1) is 20.6. The number of anilines is 1. The Balaban J connectivity index is 2.15. The highest BCUT2D eigenvalue weighted by Crippen LogP contribution is 2.25. The summed E-state index contributed by atoms with van der Waals surface area (Å²) in [4.78, 5) is 89.8. The van der Waals surface area contributed by atoms with Crippen LogP contribution in [0.3, 0.4) is 0 Å². The minimum atomic E-state index is -1.88. The summed E-state index contributed by atoms with van der Waals surface area (Å²) in [7, 11) is 1.05. The van der Waals surface area contributed by atoms with Crippen LogP contribution < -0.4 is 11.1 Å². The van der Waals surface area contributed by atoms with Gasteiger partial charge in [0.2, 0.25) is 12.4 Å². The van der Waals surface area contributed by atoms with E-state index >= 15 is 0 Å². The highest BCUT2D eigenvalue weighted by Gasteiger charge is 2.50. The number of aromatic nitrogens is 1. The number of rotatable bonds is 12. The molecule has 0 saturated carbocycles. The van der Waals surface area contributed by atoms with Gasteiger partial charge >= 0.3 is 30.2 Å². The van der Waals surface area contributed by atoms with Crippen LogP contribution >= 0.6 is 11.3 Å². The Morgan fingerprint density at radius 2 is 1.60 bits per heavy atom. The number of nitrogens with one attached hydrogen (secondary N) is 1. The molecule has 2 amide bonds. The van der Waals surface area contributed by atoms with Crippen molar-refractivity contribution in [1.29, 1.82) is 0 Å². The van der Waals surface area contributed by atoms with Crippen molar-refractivity contribution in [3.8, 4) is 0 Å². The molecule has 1 aromatic heterocycles. The fourth-order valence-electron chi connectivity index (χ4n) is 3.05. The van der Waals surface area contributed by atoms with Gasteiger partial charge < -0.3 is 34.8 Å². The number of hydroxylamine groups is 2. The molecule has 0 bridgehead atoms. The Bertz CT molecular complexity index is 1340. The van der Waals surface area contributed by atoms with Gasteiger partial charge in [-0.2, -0.15) is 0 Å². The number of nitrogens with zero attached hydrogens (tertiary/aromatic N) is 3. The van der Waals surface area contributed by atoms with Gasteiger partial charge in [0.15, 0.2) is 10.8 Å². The average molecular weight is 658 g/mol. The van der Waals surface area contributed by atoms with Crippen molar-refractivity contribution in [2.24, 2.45) is 16.0 Å². The number of thiazole rings is 1. The lowest BCUT2D eigenvalue weighted by Crippen LogP contribution is -2.70. The Labute approximate surface area is 263 Å². The van der Waals surface area contributed by atoms with Crippen molar-refractivity contribution < 1.29 is 57.4 Å². The molecule has 2 heterocycles. The number of hydrogen-bond donors (Lipinski definition) is 2. The van der Waals surface area contributed by atoms with Crippen molar-refractivity contribution in [3.05, 3.63) is 11.1 Å². The second kappa shape index (κ2) is 14.2. The zero-order chi connectivity index (χ0) is 34.5. The summed E-state index contributed by atoms with van der Waals surface area (Å²) in [6, 6.07) is -2.03. The highest BCUT2D eigenvalue weighted by atomic mass is 32.1. The van der Waals surface area contributed by atoms with Gasteiger partial charge in [0.05, 0.1) is 24.0 Å². The van der Waals surface area contributed by atoms with Gasteiger partial charge in [-0.25, -0.2) is 24.5 Å². The van der Waals surface area contributed by atoms with Gasteiger partial charge in [0.25, 0.3) is 11.8 Å². The van der Waals surface area contributed by atoms with E-state index in [0.717, 1.165) is 23.5 Å². The van der Waals surface area contributed by atoms with Crippen LogP contribution in [-0.4, -0.2) is 89.3 Å². The van der Waals surface area contributed by atoms with Gasteiger partial charge in [0, 0.05) is 5.38 Å². The lowest BCUT2D eigenvalue weighted by atomic mass is 9.97. The largest absolute Gasteiger partial charge is 0.464 e. The Morgan fingerprint density at radius 3 is 2.09 bits per heavy atom. The molecule has 1 fully saturated rings. The van der Waals surface area contributed by atoms with Crippen molar-refractivity contribution >= 4 is 57.9 Å². The van der Waals surface area contributed by atoms with Crippen LogP contribution in [0.2, 0.25) is 0 Å². The van der Waals surface area contributed by atoms with Crippen molar-refractivity contribution in [2.45, 2.75) is 86.3 Å². The number of hydrogen-bond acceptors (Lipinski definition) is 16. The predicted octanol–water partition coefficient (Wildman–Crippen LogP) is 1.05. The van der Waals surface area contributed by atoms with Crippen molar-refractivity contribution in [2.75, 3.05) is 19.6 Å². The second-order valence-electron chi connectivity index (χ2n) is 12.3. The summed E-state index contributed by atoms with van der Waals surface area (Å²) in [5.41, 5.74) is 1.69. The van der Waals surface area contributed by atoms with Crippen LogP contribution in [0.25, 0.3) is 0 Å². The first kappa shape index (κ1) is 36.9. The number of β-lactam (4-membered cyclic amide) rings is 1. The minimum absolute atomic E-state index is 0.0225. The fourth-order valence-corrected chi connectivity index (χ4v) is 3.60. The molecule has 250 valence electrons. The van der Waals surface area contributed by atoms with E-state index in [1.165, 1.54) is 26.2 Å². The van der Waals surface area contributed by atoms with Crippen LogP contribution in [0.1, 0.15) is 68.0 Å². The predicted molar refractivity (Wildman–Crippen MR) is 155 cm³/mol. The fraction of sp³-hybridized carbons (Fsp3) is 0.630. The SMILES string of the molecule is COC(=O)C(OC(=O)C(C)(C)C)ON1C(=O)[C@@H](NC(=O)/C(=N\OC(C)(C)C(=O)OCOC(=O)C(C)(C)C)c2csc(N)n2)[C@@H]1C. The molecular weight excluding hydrogens is 618 g/mol. The molecule has 2 rings (SSSR count). The van der Waals surface area contributed by atoms with Crippen molar-refractivity contribution in [3.63, 3.8) is 0 Å². The van der Waals surface area contributed by atoms with Crippen LogP contribution in [0.4, 0.5) is 5.13 Å². The molecule has 1 aromatic rings. The van der Waals surface area contributed by atoms with E-state index in [0.29, 0.717) is 0 Å². The molecule has 17 nitrogen and oxygen atoms in total. The summed E-state index contributed by atoms with van der Waals surface area (Å²) in [6.07, 6.45) is -1.88. The molecule has 1 unspecified atom stereocenters. The van der Waals surface area contributed by atoms with E-state index in [4.69, 9.17) is 29.6 Å². The molecule has 1 aliphatic heterocycles. The molecule has 0 aromatic carbocycles. The number of methoxy groups -OCH3 is 1. The molecule has 3 atom stereocenters. The summed E-state index contributed by atoms with van der Waals surface area (Å²) in [6.45, 7) is 13.0. The molecular formula is C27H39N5O12S. The first-order valence-corrected chi connectivity index (χ1v) is 14.4. The molecule has 3 N–H and O–H groups in total. The number of esters is 4. The molecule has 0 aliphatic carbocycles. The number of carbonyl (C=O) groups excluding carboxylic acids is 6. The molecule has 0 radical (unpaired) electrons.